The molecule has 1 saturated carbocycles. The minimum atomic E-state index is -0.722. The zero-order valence-corrected chi connectivity index (χ0v) is 21.6. The molecule has 0 bridgehead atoms. The lowest BCUT2D eigenvalue weighted by Crippen LogP contribution is -2.47. The average molecular weight is 513 g/mol. The number of nitrogens with zero attached hydrogens (tertiary/aromatic N) is 2. The lowest BCUT2D eigenvalue weighted by Gasteiger charge is -2.44. The fourth-order valence-corrected chi connectivity index (χ4v) is 4.98. The summed E-state index contributed by atoms with van der Waals surface area (Å²) in [6, 6.07) is 15.3. The van der Waals surface area contributed by atoms with Gasteiger partial charge in [0.25, 0.3) is 0 Å². The normalized spacial score (nSPS) is 18.1. The Morgan fingerprint density at radius 2 is 1.78 bits per heavy atom. The van der Waals surface area contributed by atoms with E-state index in [0.717, 1.165) is 33.0 Å². The molecule has 3 aromatic rings. The highest BCUT2D eigenvalue weighted by atomic mass is 35.5. The van der Waals surface area contributed by atoms with Crippen molar-refractivity contribution < 1.29 is 24.9 Å². The first-order valence-electron chi connectivity index (χ1n) is 12.2. The van der Waals surface area contributed by atoms with Crippen molar-refractivity contribution in [2.45, 2.75) is 58.8 Å². The van der Waals surface area contributed by atoms with Gasteiger partial charge in [-0.15, -0.1) is 0 Å². The van der Waals surface area contributed by atoms with Crippen LogP contribution in [0.2, 0.25) is 5.02 Å². The van der Waals surface area contributed by atoms with Gasteiger partial charge in [0.1, 0.15) is 12.4 Å². The molecule has 3 N–H and O–H groups in total. The van der Waals surface area contributed by atoms with Crippen molar-refractivity contribution in [3.05, 3.63) is 75.8 Å². The molecule has 1 aromatic heterocycles. The Morgan fingerprint density at radius 3 is 2.39 bits per heavy atom. The van der Waals surface area contributed by atoms with Crippen molar-refractivity contribution in [2.75, 3.05) is 6.61 Å². The van der Waals surface area contributed by atoms with E-state index in [2.05, 4.69) is 24.0 Å². The van der Waals surface area contributed by atoms with Crippen LogP contribution in [0.3, 0.4) is 0 Å². The third-order valence-corrected chi connectivity index (χ3v) is 7.63. The van der Waals surface area contributed by atoms with E-state index in [0.29, 0.717) is 32.5 Å². The summed E-state index contributed by atoms with van der Waals surface area (Å²) in [5.74, 6) is -0.274. The number of ether oxygens (including phenoxy) is 1. The van der Waals surface area contributed by atoms with Gasteiger partial charge in [0.2, 0.25) is 0 Å². The lowest BCUT2D eigenvalue weighted by atomic mass is 9.78. The first-order chi connectivity index (χ1) is 17.1. The number of aryl methyl sites for hydroxylation is 2. The van der Waals surface area contributed by atoms with Crippen molar-refractivity contribution >= 4 is 17.6 Å². The summed E-state index contributed by atoms with van der Waals surface area (Å²) in [4.78, 5) is 13.8. The van der Waals surface area contributed by atoms with Crippen LogP contribution in [-0.4, -0.2) is 43.4 Å². The van der Waals surface area contributed by atoms with Crippen LogP contribution < -0.4 is 4.74 Å². The number of benzene rings is 2. The maximum absolute atomic E-state index is 11.4. The smallest absolute Gasteiger partial charge is 0.306 e. The second-order valence-corrected chi connectivity index (χ2v) is 10.1. The van der Waals surface area contributed by atoms with Gasteiger partial charge < -0.3 is 20.1 Å². The van der Waals surface area contributed by atoms with Gasteiger partial charge in [-0.25, -0.2) is 0 Å². The summed E-state index contributed by atoms with van der Waals surface area (Å²) in [6.07, 6.45) is 1.29. The standard InChI is InChI=1S/C28H33ClN2O5/c1-17-13-21(5-6-24(17)29)19(3)31(23-14-22(15-23)28(34)35)16-20-4-7-25(18(2)12-20)36-11-10-30-26(32)8-9-27(30)33/h4-9,12-13,19,22-23,32-33H,10-11,14-16H2,1-3H3,(H,34,35)/t19-,22?,23?/m0/s1. The van der Waals surface area contributed by atoms with Crippen molar-refractivity contribution in [1.82, 2.24) is 9.47 Å². The minimum absolute atomic E-state index is 0.00519. The number of hydrogen-bond donors (Lipinski definition) is 3. The van der Waals surface area contributed by atoms with Gasteiger partial charge in [-0.2, -0.15) is 0 Å². The number of aliphatic carboxylic acids is 1. The van der Waals surface area contributed by atoms with Gasteiger partial charge in [-0.05, 0) is 68.0 Å². The van der Waals surface area contributed by atoms with E-state index in [1.807, 2.05) is 38.1 Å². The van der Waals surface area contributed by atoms with Gasteiger partial charge in [0.15, 0.2) is 11.8 Å². The number of halogens is 1. The highest BCUT2D eigenvalue weighted by Crippen LogP contribution is 2.38. The SMILES string of the molecule is Cc1cc([C@H](C)N(Cc2ccc(OCCn3c(O)ccc3O)c(C)c2)C2CC(C(=O)O)C2)ccc1Cl. The molecule has 0 saturated heterocycles. The highest BCUT2D eigenvalue weighted by molar-refractivity contribution is 6.31. The third-order valence-electron chi connectivity index (χ3n) is 7.20. The number of carboxylic acid groups (broad SMARTS) is 1. The number of rotatable bonds is 10. The predicted molar refractivity (Wildman–Crippen MR) is 139 cm³/mol. The average Bonchev–Trinajstić information content (AvgIpc) is 3.12. The quantitative estimate of drug-likeness (QED) is 0.324. The molecule has 0 amide bonds. The number of carbonyl (C=O) groups is 1. The van der Waals surface area contributed by atoms with Crippen molar-refractivity contribution in [3.63, 3.8) is 0 Å². The molecule has 0 radical (unpaired) electrons. The first-order valence-corrected chi connectivity index (χ1v) is 12.6. The summed E-state index contributed by atoms with van der Waals surface area (Å²) < 4.78 is 7.29. The van der Waals surface area contributed by atoms with Crippen LogP contribution >= 0.6 is 11.6 Å². The summed E-state index contributed by atoms with van der Waals surface area (Å²) in [7, 11) is 0. The monoisotopic (exact) mass is 512 g/mol. The fraction of sp³-hybridized carbons (Fsp3) is 0.393. The van der Waals surface area contributed by atoms with Crippen molar-refractivity contribution in [1.29, 1.82) is 0 Å². The molecule has 8 heteroatoms. The van der Waals surface area contributed by atoms with E-state index in [4.69, 9.17) is 16.3 Å². The molecule has 1 aliphatic rings. The van der Waals surface area contributed by atoms with Crippen LogP contribution in [-0.2, 0) is 17.9 Å². The molecule has 7 nitrogen and oxygen atoms in total. The largest absolute Gasteiger partial charge is 0.494 e. The zero-order valence-electron chi connectivity index (χ0n) is 20.8. The number of carboxylic acids is 1. The minimum Gasteiger partial charge on any atom is -0.494 e. The Hall–Kier alpha value is -3.16. The second-order valence-electron chi connectivity index (χ2n) is 9.67. The fourth-order valence-electron chi connectivity index (χ4n) is 4.87. The van der Waals surface area contributed by atoms with Crippen molar-refractivity contribution in [3.8, 4) is 17.5 Å². The van der Waals surface area contributed by atoms with Gasteiger partial charge >= 0.3 is 5.97 Å². The molecule has 1 atom stereocenters. The molecule has 1 aliphatic carbocycles. The van der Waals surface area contributed by atoms with Gasteiger partial charge in [0, 0.05) is 35.8 Å². The molecule has 4 rings (SSSR count). The van der Waals surface area contributed by atoms with E-state index >= 15 is 0 Å². The number of aromatic nitrogens is 1. The maximum Gasteiger partial charge on any atom is 0.306 e. The molecule has 192 valence electrons. The first kappa shape index (κ1) is 25.9. The second kappa shape index (κ2) is 10.8. The highest BCUT2D eigenvalue weighted by Gasteiger charge is 2.39. The van der Waals surface area contributed by atoms with E-state index in [1.54, 1.807) is 0 Å². The van der Waals surface area contributed by atoms with Gasteiger partial charge in [-0.3, -0.25) is 14.3 Å². The molecule has 2 aromatic carbocycles. The number of aromatic hydroxyl groups is 2. The molecule has 0 spiro atoms. The predicted octanol–water partition coefficient (Wildman–Crippen LogP) is 5.67. The van der Waals surface area contributed by atoms with E-state index < -0.39 is 5.97 Å². The molecule has 0 unspecified atom stereocenters. The van der Waals surface area contributed by atoms with Crippen LogP contribution in [0.1, 0.15) is 48.1 Å². The molecule has 36 heavy (non-hydrogen) atoms. The Bertz CT molecular complexity index is 1220. The Kier molecular flexibility index (Phi) is 7.81. The molecular formula is C28H33ClN2O5. The molecule has 0 aliphatic heterocycles. The summed E-state index contributed by atoms with van der Waals surface area (Å²) >= 11 is 6.25. The van der Waals surface area contributed by atoms with Crippen LogP contribution in [0, 0.1) is 19.8 Å². The van der Waals surface area contributed by atoms with Crippen LogP contribution in [0.4, 0.5) is 0 Å². The van der Waals surface area contributed by atoms with Crippen molar-refractivity contribution in [2.24, 2.45) is 5.92 Å². The van der Waals surface area contributed by atoms with E-state index in [-0.39, 0.29) is 29.8 Å². The summed E-state index contributed by atoms with van der Waals surface area (Å²) in [5, 5.41) is 29.7. The lowest BCUT2D eigenvalue weighted by molar-refractivity contribution is -0.147. The van der Waals surface area contributed by atoms with E-state index in [9.17, 15) is 20.1 Å². The van der Waals surface area contributed by atoms with E-state index in [1.165, 1.54) is 16.7 Å². The number of hydrogen-bond acceptors (Lipinski definition) is 5. The Labute approximate surface area is 216 Å². The Morgan fingerprint density at radius 1 is 1.08 bits per heavy atom. The zero-order chi connectivity index (χ0) is 26.0. The topological polar surface area (TPSA) is 95.2 Å². The summed E-state index contributed by atoms with van der Waals surface area (Å²) in [5.41, 5.74) is 4.29. The molecular weight excluding hydrogens is 480 g/mol. The maximum atomic E-state index is 11.4. The van der Waals surface area contributed by atoms with Crippen LogP contribution in [0.25, 0.3) is 0 Å². The molecule has 1 fully saturated rings. The van der Waals surface area contributed by atoms with Crippen LogP contribution in [0.5, 0.6) is 17.5 Å². The van der Waals surface area contributed by atoms with Gasteiger partial charge in [-0.1, -0.05) is 35.9 Å². The Balaban J connectivity index is 1.46. The third kappa shape index (κ3) is 5.63. The van der Waals surface area contributed by atoms with Gasteiger partial charge in [0.05, 0.1) is 12.5 Å². The molecule has 1 heterocycles. The summed E-state index contributed by atoms with van der Waals surface area (Å²) in [6.45, 7) is 7.45. The van der Waals surface area contributed by atoms with Crippen LogP contribution in [0.15, 0.2) is 48.5 Å².